The summed E-state index contributed by atoms with van der Waals surface area (Å²) in [5.41, 5.74) is 1.19. The predicted molar refractivity (Wildman–Crippen MR) is 77.2 cm³/mol. The molecule has 1 aliphatic heterocycles. The van der Waals surface area contributed by atoms with E-state index in [1.165, 1.54) is 21.2 Å². The van der Waals surface area contributed by atoms with Gasteiger partial charge in [0, 0.05) is 33.1 Å². The molecule has 6 heteroatoms. The van der Waals surface area contributed by atoms with Gasteiger partial charge < -0.3 is 0 Å². The van der Waals surface area contributed by atoms with E-state index in [4.69, 9.17) is 5.26 Å². The Balaban J connectivity index is 2.04. The van der Waals surface area contributed by atoms with E-state index in [9.17, 15) is 8.42 Å². The topological polar surface area (TPSA) is 64.4 Å². The fraction of sp³-hybridized carbons (Fsp3) is 0.500. The molecule has 0 N–H and O–H groups in total. The van der Waals surface area contributed by atoms with E-state index in [1.807, 2.05) is 36.4 Å². The SMILES string of the molecule is CN(CCC#N)S(=O)(=O)N1CCC(c2ccccc2)C1. The van der Waals surface area contributed by atoms with Crippen LogP contribution in [-0.4, -0.2) is 43.7 Å². The molecule has 0 bridgehead atoms. The molecule has 0 amide bonds. The molecule has 2 rings (SSSR count). The summed E-state index contributed by atoms with van der Waals surface area (Å²) in [7, 11) is -1.91. The highest BCUT2D eigenvalue weighted by Gasteiger charge is 2.34. The van der Waals surface area contributed by atoms with Crippen LogP contribution >= 0.6 is 0 Å². The van der Waals surface area contributed by atoms with Crippen LogP contribution in [0.5, 0.6) is 0 Å². The molecule has 1 aromatic carbocycles. The quantitative estimate of drug-likeness (QED) is 0.827. The molecule has 0 spiro atoms. The van der Waals surface area contributed by atoms with Crippen LogP contribution in [0.2, 0.25) is 0 Å². The van der Waals surface area contributed by atoms with Crippen LogP contribution in [0.1, 0.15) is 24.3 Å². The van der Waals surface area contributed by atoms with E-state index in [0.29, 0.717) is 13.1 Å². The Morgan fingerprint density at radius 1 is 1.40 bits per heavy atom. The average molecular weight is 293 g/mol. The van der Waals surface area contributed by atoms with E-state index in [2.05, 4.69) is 0 Å². The van der Waals surface area contributed by atoms with Crippen molar-refractivity contribution in [3.63, 3.8) is 0 Å². The summed E-state index contributed by atoms with van der Waals surface area (Å²) < 4.78 is 27.5. The Labute approximate surface area is 120 Å². The minimum Gasteiger partial charge on any atom is -0.198 e. The average Bonchev–Trinajstić information content (AvgIpc) is 2.96. The number of benzene rings is 1. The minimum absolute atomic E-state index is 0.214. The number of rotatable bonds is 5. The first kappa shape index (κ1) is 15.0. The number of hydrogen-bond donors (Lipinski definition) is 0. The molecule has 5 nitrogen and oxygen atoms in total. The van der Waals surface area contributed by atoms with Crippen molar-refractivity contribution in [2.24, 2.45) is 0 Å². The van der Waals surface area contributed by atoms with E-state index in [-0.39, 0.29) is 18.9 Å². The van der Waals surface area contributed by atoms with Crippen molar-refractivity contribution in [3.05, 3.63) is 35.9 Å². The lowest BCUT2D eigenvalue weighted by molar-refractivity contribution is 0.396. The Kier molecular flexibility index (Phi) is 4.76. The molecule has 1 aliphatic rings. The normalized spacial score (nSPS) is 20.1. The van der Waals surface area contributed by atoms with Crippen molar-refractivity contribution >= 4 is 10.2 Å². The molecule has 1 aromatic rings. The van der Waals surface area contributed by atoms with E-state index < -0.39 is 10.2 Å². The summed E-state index contributed by atoms with van der Waals surface area (Å²) in [4.78, 5) is 0. The minimum atomic E-state index is -3.44. The third-order valence-electron chi connectivity index (χ3n) is 3.68. The standard InChI is InChI=1S/C14H19N3O2S/c1-16(10-5-9-15)20(18,19)17-11-8-14(12-17)13-6-3-2-4-7-13/h2-4,6-7,14H,5,8,10-12H2,1H3. The van der Waals surface area contributed by atoms with Gasteiger partial charge in [0.15, 0.2) is 0 Å². The molecule has 1 saturated heterocycles. The van der Waals surface area contributed by atoms with Crippen LogP contribution in [-0.2, 0) is 10.2 Å². The summed E-state index contributed by atoms with van der Waals surface area (Å²) in [6.07, 6.45) is 1.06. The van der Waals surface area contributed by atoms with Crippen LogP contribution in [0, 0.1) is 11.3 Å². The van der Waals surface area contributed by atoms with Gasteiger partial charge in [-0.1, -0.05) is 30.3 Å². The Morgan fingerprint density at radius 3 is 2.75 bits per heavy atom. The van der Waals surface area contributed by atoms with Crippen LogP contribution < -0.4 is 0 Å². The fourth-order valence-corrected chi connectivity index (χ4v) is 3.88. The Hall–Kier alpha value is -1.42. The highest BCUT2D eigenvalue weighted by Crippen LogP contribution is 2.29. The molecule has 20 heavy (non-hydrogen) atoms. The number of nitrogens with zero attached hydrogens (tertiary/aromatic N) is 3. The van der Waals surface area contributed by atoms with Crippen LogP contribution in [0.4, 0.5) is 0 Å². The summed E-state index contributed by atoms with van der Waals surface area (Å²) in [5, 5.41) is 8.55. The third-order valence-corrected chi connectivity index (χ3v) is 5.64. The van der Waals surface area contributed by atoms with Crippen molar-refractivity contribution in [1.82, 2.24) is 8.61 Å². The monoisotopic (exact) mass is 293 g/mol. The van der Waals surface area contributed by atoms with Gasteiger partial charge in [-0.05, 0) is 17.9 Å². The van der Waals surface area contributed by atoms with Crippen LogP contribution in [0.3, 0.4) is 0 Å². The maximum atomic E-state index is 12.4. The van der Waals surface area contributed by atoms with Gasteiger partial charge in [-0.3, -0.25) is 0 Å². The molecular weight excluding hydrogens is 274 g/mol. The number of nitriles is 1. The maximum Gasteiger partial charge on any atom is 0.281 e. The summed E-state index contributed by atoms with van der Waals surface area (Å²) >= 11 is 0. The molecule has 0 aliphatic carbocycles. The first-order valence-corrected chi connectivity index (χ1v) is 8.08. The third kappa shape index (κ3) is 3.18. The summed E-state index contributed by atoms with van der Waals surface area (Å²) in [5.74, 6) is 0.260. The zero-order valence-electron chi connectivity index (χ0n) is 11.6. The molecule has 1 fully saturated rings. The fourth-order valence-electron chi connectivity index (χ4n) is 2.45. The van der Waals surface area contributed by atoms with Gasteiger partial charge in [0.2, 0.25) is 0 Å². The maximum absolute atomic E-state index is 12.4. The van der Waals surface area contributed by atoms with Crippen molar-refractivity contribution in [3.8, 4) is 6.07 Å². The smallest absolute Gasteiger partial charge is 0.198 e. The molecule has 0 radical (unpaired) electrons. The number of hydrogen-bond acceptors (Lipinski definition) is 3. The second-order valence-electron chi connectivity index (χ2n) is 4.99. The zero-order valence-corrected chi connectivity index (χ0v) is 12.4. The largest absolute Gasteiger partial charge is 0.281 e. The van der Waals surface area contributed by atoms with Crippen molar-refractivity contribution in [2.45, 2.75) is 18.8 Å². The second-order valence-corrected chi connectivity index (χ2v) is 7.03. The van der Waals surface area contributed by atoms with E-state index in [0.717, 1.165) is 6.42 Å². The van der Waals surface area contributed by atoms with Crippen molar-refractivity contribution in [2.75, 3.05) is 26.7 Å². The predicted octanol–water partition coefficient (Wildman–Crippen LogP) is 1.57. The highest BCUT2D eigenvalue weighted by atomic mass is 32.2. The molecule has 108 valence electrons. The van der Waals surface area contributed by atoms with Gasteiger partial charge in [-0.15, -0.1) is 0 Å². The van der Waals surface area contributed by atoms with Gasteiger partial charge in [0.05, 0.1) is 6.07 Å². The van der Waals surface area contributed by atoms with Gasteiger partial charge in [0.25, 0.3) is 10.2 Å². The molecule has 0 saturated carbocycles. The highest BCUT2D eigenvalue weighted by molar-refractivity contribution is 7.86. The van der Waals surface area contributed by atoms with Crippen LogP contribution in [0.15, 0.2) is 30.3 Å². The van der Waals surface area contributed by atoms with Gasteiger partial charge in [0.1, 0.15) is 0 Å². The summed E-state index contributed by atoms with van der Waals surface area (Å²) in [6, 6.07) is 12.0. The molecule has 1 heterocycles. The molecule has 0 aromatic heterocycles. The molecule has 1 atom stereocenters. The molecular formula is C14H19N3O2S. The zero-order chi connectivity index (χ0) is 14.6. The first-order chi connectivity index (χ1) is 9.55. The van der Waals surface area contributed by atoms with Gasteiger partial charge >= 0.3 is 0 Å². The van der Waals surface area contributed by atoms with Crippen molar-refractivity contribution in [1.29, 1.82) is 5.26 Å². The lowest BCUT2D eigenvalue weighted by atomic mass is 9.99. The summed E-state index contributed by atoms with van der Waals surface area (Å²) in [6.45, 7) is 1.30. The molecule has 1 unspecified atom stereocenters. The second kappa shape index (κ2) is 6.35. The van der Waals surface area contributed by atoms with Crippen molar-refractivity contribution < 1.29 is 8.42 Å². The lowest BCUT2D eigenvalue weighted by Crippen LogP contribution is -2.40. The van der Waals surface area contributed by atoms with Crippen LogP contribution in [0.25, 0.3) is 0 Å². The first-order valence-electron chi connectivity index (χ1n) is 6.69. The van der Waals surface area contributed by atoms with E-state index in [1.54, 1.807) is 0 Å². The Bertz CT molecular complexity index is 580. The lowest BCUT2D eigenvalue weighted by Gasteiger charge is -2.23. The van der Waals surface area contributed by atoms with Gasteiger partial charge in [-0.25, -0.2) is 0 Å². The van der Waals surface area contributed by atoms with Gasteiger partial charge in [-0.2, -0.15) is 22.3 Å². The van der Waals surface area contributed by atoms with E-state index >= 15 is 0 Å². The Morgan fingerprint density at radius 2 is 2.10 bits per heavy atom.